The van der Waals surface area contributed by atoms with E-state index in [4.69, 9.17) is 4.74 Å². The summed E-state index contributed by atoms with van der Waals surface area (Å²) in [4.78, 5) is 12.5. The van der Waals surface area contributed by atoms with Gasteiger partial charge in [-0.3, -0.25) is 4.79 Å². The van der Waals surface area contributed by atoms with E-state index in [2.05, 4.69) is 10.2 Å². The number of aromatic nitrogens is 3. The largest absolute Gasteiger partial charge is 0.465 e. The van der Waals surface area contributed by atoms with Crippen LogP contribution >= 0.6 is 23.1 Å². The number of thiophene rings is 1. The topological polar surface area (TPSA) is 57.0 Å². The number of carbonyl (C=O) groups excluding carboxylic acids is 1. The van der Waals surface area contributed by atoms with Gasteiger partial charge in [-0.2, -0.15) is 0 Å². The van der Waals surface area contributed by atoms with Crippen LogP contribution in [0.15, 0.2) is 22.7 Å². The van der Waals surface area contributed by atoms with Crippen LogP contribution in [-0.4, -0.2) is 32.6 Å². The molecule has 5 nitrogen and oxygen atoms in total. The third-order valence-electron chi connectivity index (χ3n) is 2.71. The lowest BCUT2D eigenvalue weighted by Gasteiger charge is -2.04. The molecule has 0 spiro atoms. The van der Waals surface area contributed by atoms with Crippen LogP contribution in [0.4, 0.5) is 0 Å². The number of ether oxygens (including phenoxy) is 1. The van der Waals surface area contributed by atoms with Crippen molar-refractivity contribution >= 4 is 29.1 Å². The Morgan fingerprint density at radius 3 is 3.11 bits per heavy atom. The predicted molar refractivity (Wildman–Crippen MR) is 69.5 cm³/mol. The number of cyclic esters (lactones) is 1. The van der Waals surface area contributed by atoms with E-state index in [-0.39, 0.29) is 11.2 Å². The van der Waals surface area contributed by atoms with Gasteiger partial charge in [0.05, 0.1) is 11.5 Å². The highest BCUT2D eigenvalue weighted by Crippen LogP contribution is 2.31. The molecule has 1 unspecified atom stereocenters. The van der Waals surface area contributed by atoms with Gasteiger partial charge < -0.3 is 9.30 Å². The quantitative estimate of drug-likeness (QED) is 0.805. The van der Waals surface area contributed by atoms with Gasteiger partial charge in [-0.15, -0.1) is 21.5 Å². The Bertz CT molecular complexity index is 565. The normalized spacial score (nSPS) is 19.2. The Balaban J connectivity index is 1.84. The van der Waals surface area contributed by atoms with Crippen LogP contribution in [0.2, 0.25) is 0 Å². The van der Waals surface area contributed by atoms with Crippen molar-refractivity contribution < 1.29 is 9.53 Å². The summed E-state index contributed by atoms with van der Waals surface area (Å²) >= 11 is 3.05. The maximum absolute atomic E-state index is 11.4. The Labute approximate surface area is 112 Å². The standard InChI is InChI=1S/C11H11N3O2S2/c1-14-9(7-3-2-6-17-7)12-13-11(14)18-8-4-5-16-10(8)15/h2-3,6,8H,4-5H2,1H3. The Morgan fingerprint density at radius 2 is 2.44 bits per heavy atom. The van der Waals surface area contributed by atoms with E-state index in [1.807, 2.05) is 29.1 Å². The zero-order valence-corrected chi connectivity index (χ0v) is 11.3. The highest BCUT2D eigenvalue weighted by molar-refractivity contribution is 8.00. The maximum atomic E-state index is 11.4. The molecule has 3 rings (SSSR count). The second kappa shape index (κ2) is 4.74. The minimum atomic E-state index is -0.152. The van der Waals surface area contributed by atoms with Crippen LogP contribution in [0, 0.1) is 0 Å². The maximum Gasteiger partial charge on any atom is 0.319 e. The molecule has 0 aromatic carbocycles. The van der Waals surface area contributed by atoms with Crippen LogP contribution in [0.3, 0.4) is 0 Å². The van der Waals surface area contributed by atoms with Crippen molar-refractivity contribution in [1.82, 2.24) is 14.8 Å². The first kappa shape index (κ1) is 11.7. The molecule has 1 aliphatic rings. The van der Waals surface area contributed by atoms with E-state index in [1.165, 1.54) is 11.8 Å². The molecule has 1 fully saturated rings. The van der Waals surface area contributed by atoms with Gasteiger partial charge in [-0.1, -0.05) is 17.8 Å². The van der Waals surface area contributed by atoms with Gasteiger partial charge in [0.1, 0.15) is 5.25 Å². The third-order valence-corrected chi connectivity index (χ3v) is 4.86. The Kier molecular flexibility index (Phi) is 3.09. The van der Waals surface area contributed by atoms with Gasteiger partial charge in [0.2, 0.25) is 0 Å². The van der Waals surface area contributed by atoms with Gasteiger partial charge in [0.15, 0.2) is 11.0 Å². The van der Waals surface area contributed by atoms with Crippen molar-refractivity contribution in [3.63, 3.8) is 0 Å². The number of nitrogens with zero attached hydrogens (tertiary/aromatic N) is 3. The number of hydrogen-bond acceptors (Lipinski definition) is 6. The van der Waals surface area contributed by atoms with Crippen LogP contribution in [0.1, 0.15) is 6.42 Å². The van der Waals surface area contributed by atoms with Gasteiger partial charge >= 0.3 is 5.97 Å². The molecule has 3 heterocycles. The summed E-state index contributed by atoms with van der Waals surface area (Å²) in [6, 6.07) is 3.99. The van der Waals surface area contributed by atoms with Gasteiger partial charge in [0, 0.05) is 13.5 Å². The second-order valence-electron chi connectivity index (χ2n) is 3.91. The summed E-state index contributed by atoms with van der Waals surface area (Å²) in [6.45, 7) is 0.506. The third kappa shape index (κ3) is 2.04. The molecule has 1 atom stereocenters. The summed E-state index contributed by atoms with van der Waals surface area (Å²) in [5, 5.41) is 10.9. The highest BCUT2D eigenvalue weighted by Gasteiger charge is 2.29. The molecule has 94 valence electrons. The second-order valence-corrected chi connectivity index (χ2v) is 6.02. The lowest BCUT2D eigenvalue weighted by Crippen LogP contribution is -2.10. The zero-order valence-electron chi connectivity index (χ0n) is 9.70. The van der Waals surface area contributed by atoms with Crippen LogP contribution in [-0.2, 0) is 16.6 Å². The lowest BCUT2D eigenvalue weighted by molar-refractivity contribution is -0.137. The highest BCUT2D eigenvalue weighted by atomic mass is 32.2. The van der Waals surface area contributed by atoms with Crippen molar-refractivity contribution in [2.45, 2.75) is 16.8 Å². The molecule has 0 amide bonds. The van der Waals surface area contributed by atoms with E-state index in [9.17, 15) is 4.79 Å². The molecule has 0 radical (unpaired) electrons. The molecule has 2 aromatic rings. The molecule has 2 aromatic heterocycles. The molecule has 0 bridgehead atoms. The van der Waals surface area contributed by atoms with Crippen molar-refractivity contribution in [3.8, 4) is 10.7 Å². The van der Waals surface area contributed by atoms with Crippen LogP contribution in [0.25, 0.3) is 10.7 Å². The molecular formula is C11H11N3O2S2. The molecule has 0 aliphatic carbocycles. The Hall–Kier alpha value is -1.34. The van der Waals surface area contributed by atoms with E-state index in [1.54, 1.807) is 11.3 Å². The molecule has 1 aliphatic heterocycles. The minimum Gasteiger partial charge on any atom is -0.465 e. The van der Waals surface area contributed by atoms with Gasteiger partial charge in [0.25, 0.3) is 0 Å². The molecule has 18 heavy (non-hydrogen) atoms. The molecular weight excluding hydrogens is 270 g/mol. The number of hydrogen-bond donors (Lipinski definition) is 0. The number of esters is 1. The average molecular weight is 281 g/mol. The molecule has 7 heteroatoms. The fourth-order valence-electron chi connectivity index (χ4n) is 1.75. The van der Waals surface area contributed by atoms with Gasteiger partial charge in [-0.25, -0.2) is 0 Å². The van der Waals surface area contributed by atoms with Crippen molar-refractivity contribution in [3.05, 3.63) is 17.5 Å². The van der Waals surface area contributed by atoms with Crippen LogP contribution in [0.5, 0.6) is 0 Å². The summed E-state index contributed by atoms with van der Waals surface area (Å²) in [6.07, 6.45) is 0.741. The Morgan fingerprint density at radius 1 is 1.56 bits per heavy atom. The molecule has 0 N–H and O–H groups in total. The lowest BCUT2D eigenvalue weighted by atomic mass is 10.4. The van der Waals surface area contributed by atoms with Crippen molar-refractivity contribution in [2.24, 2.45) is 7.05 Å². The number of thioether (sulfide) groups is 1. The van der Waals surface area contributed by atoms with Crippen molar-refractivity contribution in [2.75, 3.05) is 6.61 Å². The zero-order chi connectivity index (χ0) is 12.5. The molecule has 1 saturated heterocycles. The molecule has 0 saturated carbocycles. The average Bonchev–Trinajstić information content (AvgIpc) is 3.05. The summed E-state index contributed by atoms with van der Waals surface area (Å²) < 4.78 is 6.86. The number of carbonyl (C=O) groups is 1. The van der Waals surface area contributed by atoms with Gasteiger partial charge in [-0.05, 0) is 11.4 Å². The van der Waals surface area contributed by atoms with Crippen molar-refractivity contribution in [1.29, 1.82) is 0 Å². The smallest absolute Gasteiger partial charge is 0.319 e. The summed E-state index contributed by atoms with van der Waals surface area (Å²) in [5.74, 6) is 0.680. The fourth-order valence-corrected chi connectivity index (χ4v) is 3.46. The summed E-state index contributed by atoms with van der Waals surface area (Å²) in [5.41, 5.74) is 0. The summed E-state index contributed by atoms with van der Waals surface area (Å²) in [7, 11) is 1.91. The van der Waals surface area contributed by atoms with Crippen LogP contribution < -0.4 is 0 Å². The van der Waals surface area contributed by atoms with E-state index in [0.717, 1.165) is 22.3 Å². The first-order valence-corrected chi connectivity index (χ1v) is 7.28. The van der Waals surface area contributed by atoms with E-state index < -0.39 is 0 Å². The van der Waals surface area contributed by atoms with E-state index in [0.29, 0.717) is 6.61 Å². The monoisotopic (exact) mass is 281 g/mol. The first-order valence-electron chi connectivity index (χ1n) is 5.52. The fraction of sp³-hybridized carbons (Fsp3) is 0.364. The van der Waals surface area contributed by atoms with E-state index >= 15 is 0 Å². The minimum absolute atomic E-state index is 0.149. The first-order chi connectivity index (χ1) is 8.75. The number of rotatable bonds is 3. The SMILES string of the molecule is Cn1c(SC2CCOC2=O)nnc1-c1cccs1. The predicted octanol–water partition coefficient (Wildman–Crippen LogP) is 1.95.